The molecule has 0 bridgehead atoms. The van der Waals surface area contributed by atoms with Crippen LogP contribution in [0.25, 0.3) is 0 Å². The molecule has 0 fully saturated rings. The normalized spacial score (nSPS) is 13.3. The molecule has 0 aliphatic rings. The first-order chi connectivity index (χ1) is 8.31. The third-order valence-electron chi connectivity index (χ3n) is 2.16. The highest BCUT2D eigenvalue weighted by atomic mass is 16.6. The third-order valence-corrected chi connectivity index (χ3v) is 2.16. The molecule has 102 valence electrons. The van der Waals surface area contributed by atoms with Gasteiger partial charge in [-0.3, -0.25) is 15.1 Å². The van der Waals surface area contributed by atoms with Crippen LogP contribution in [0, 0.1) is 16.0 Å². The van der Waals surface area contributed by atoms with Crippen molar-refractivity contribution in [2.45, 2.75) is 34.6 Å². The van der Waals surface area contributed by atoms with Gasteiger partial charge in [0.25, 0.3) is 5.70 Å². The van der Waals surface area contributed by atoms with E-state index < -0.39 is 10.9 Å². The Bertz CT molecular complexity index is 384. The van der Waals surface area contributed by atoms with Crippen molar-refractivity contribution in [3.05, 3.63) is 21.4 Å². The highest BCUT2D eigenvalue weighted by Gasteiger charge is 2.24. The van der Waals surface area contributed by atoms with E-state index in [1.54, 1.807) is 6.92 Å². The first-order valence-electron chi connectivity index (χ1n) is 5.85. The maximum Gasteiger partial charge on any atom is 0.340 e. The van der Waals surface area contributed by atoms with Gasteiger partial charge in [0.15, 0.2) is 0 Å². The van der Waals surface area contributed by atoms with Crippen LogP contribution < -0.4 is 0 Å². The summed E-state index contributed by atoms with van der Waals surface area (Å²) in [6, 6.07) is 0. The van der Waals surface area contributed by atoms with Crippen molar-refractivity contribution in [3.63, 3.8) is 0 Å². The number of nitro groups is 1. The van der Waals surface area contributed by atoms with E-state index in [4.69, 9.17) is 4.74 Å². The zero-order chi connectivity index (χ0) is 14.3. The molecule has 0 amide bonds. The fourth-order valence-electron chi connectivity index (χ4n) is 1.27. The lowest BCUT2D eigenvalue weighted by Gasteiger charge is -2.05. The molecule has 0 radical (unpaired) electrons. The molecule has 6 nitrogen and oxygen atoms in total. The molecule has 0 aliphatic heterocycles. The van der Waals surface area contributed by atoms with E-state index in [1.807, 2.05) is 13.8 Å². The van der Waals surface area contributed by atoms with Crippen molar-refractivity contribution in [3.8, 4) is 0 Å². The summed E-state index contributed by atoms with van der Waals surface area (Å²) >= 11 is 0. The number of hydrogen-bond donors (Lipinski definition) is 0. The summed E-state index contributed by atoms with van der Waals surface area (Å²) < 4.78 is 4.75. The number of ether oxygens (including phenoxy) is 1. The number of aliphatic imine (C=N–C) groups is 1. The Balaban J connectivity index is 5.30. The Labute approximate surface area is 107 Å². The van der Waals surface area contributed by atoms with E-state index in [9.17, 15) is 14.9 Å². The summed E-state index contributed by atoms with van der Waals surface area (Å²) in [5.74, 6) is -0.376. The molecule has 0 heterocycles. The molecule has 0 spiro atoms. The minimum atomic E-state index is -0.678. The van der Waals surface area contributed by atoms with Crippen LogP contribution in [0.5, 0.6) is 0 Å². The molecule has 0 rings (SSSR count). The lowest BCUT2D eigenvalue weighted by atomic mass is 10.1. The number of carbonyl (C=O) groups is 1. The highest BCUT2D eigenvalue weighted by Crippen LogP contribution is 2.10. The second kappa shape index (κ2) is 7.58. The lowest BCUT2D eigenvalue weighted by Crippen LogP contribution is -2.17. The number of hydrogen-bond acceptors (Lipinski definition) is 5. The minimum absolute atomic E-state index is 0.0214. The van der Waals surface area contributed by atoms with Gasteiger partial charge >= 0.3 is 5.97 Å². The van der Waals surface area contributed by atoms with E-state index in [1.165, 1.54) is 13.8 Å². The Morgan fingerprint density at radius 2 is 1.94 bits per heavy atom. The van der Waals surface area contributed by atoms with Gasteiger partial charge in [0, 0.05) is 6.54 Å². The first-order valence-corrected chi connectivity index (χ1v) is 5.85. The minimum Gasteiger partial charge on any atom is -0.462 e. The molecule has 0 saturated heterocycles. The standard InChI is InChI=1S/C12H20N2O4/c1-6-18-12(15)9(4)11(14(16)17)10(5)13-7-8(2)3/h8H,6-7H2,1-5H3/b11-9-,13-10?. The summed E-state index contributed by atoms with van der Waals surface area (Å²) in [7, 11) is 0. The molecular weight excluding hydrogens is 236 g/mol. The van der Waals surface area contributed by atoms with E-state index in [0.29, 0.717) is 12.5 Å². The van der Waals surface area contributed by atoms with Crippen LogP contribution in [0.15, 0.2) is 16.3 Å². The molecule has 0 N–H and O–H groups in total. The first kappa shape index (κ1) is 16.3. The second-order valence-electron chi connectivity index (χ2n) is 4.27. The molecule has 0 atom stereocenters. The summed E-state index contributed by atoms with van der Waals surface area (Å²) in [6.07, 6.45) is 0. The highest BCUT2D eigenvalue weighted by molar-refractivity contribution is 6.03. The van der Waals surface area contributed by atoms with Crippen molar-refractivity contribution in [1.29, 1.82) is 0 Å². The van der Waals surface area contributed by atoms with Crippen molar-refractivity contribution in [2.75, 3.05) is 13.2 Å². The van der Waals surface area contributed by atoms with Gasteiger partial charge in [0.2, 0.25) is 0 Å². The zero-order valence-corrected chi connectivity index (χ0v) is 11.5. The largest absolute Gasteiger partial charge is 0.462 e. The van der Waals surface area contributed by atoms with Crippen LogP contribution in [0.3, 0.4) is 0 Å². The number of allylic oxidation sites excluding steroid dienone is 1. The van der Waals surface area contributed by atoms with Gasteiger partial charge in [-0.15, -0.1) is 0 Å². The molecule has 0 saturated carbocycles. The molecule has 0 aliphatic carbocycles. The topological polar surface area (TPSA) is 81.8 Å². The number of esters is 1. The van der Waals surface area contributed by atoms with Gasteiger partial charge < -0.3 is 4.74 Å². The molecular formula is C12H20N2O4. The molecule has 0 aromatic carbocycles. The van der Waals surface area contributed by atoms with Crippen molar-refractivity contribution >= 4 is 11.7 Å². The van der Waals surface area contributed by atoms with Crippen LogP contribution in [0.2, 0.25) is 0 Å². The molecule has 18 heavy (non-hydrogen) atoms. The van der Waals surface area contributed by atoms with Gasteiger partial charge in [0.05, 0.1) is 11.5 Å². The van der Waals surface area contributed by atoms with Gasteiger partial charge in [-0.05, 0) is 26.7 Å². The smallest absolute Gasteiger partial charge is 0.340 e. The van der Waals surface area contributed by atoms with Gasteiger partial charge in [-0.25, -0.2) is 4.79 Å². The molecule has 0 aromatic rings. The van der Waals surface area contributed by atoms with Crippen LogP contribution in [0.1, 0.15) is 34.6 Å². The quantitative estimate of drug-likeness (QED) is 0.240. The van der Waals surface area contributed by atoms with Crippen LogP contribution in [0.4, 0.5) is 0 Å². The fourth-order valence-corrected chi connectivity index (χ4v) is 1.27. The lowest BCUT2D eigenvalue weighted by molar-refractivity contribution is -0.416. The van der Waals surface area contributed by atoms with Crippen molar-refractivity contribution in [1.82, 2.24) is 0 Å². The predicted octanol–water partition coefficient (Wildman–Crippen LogP) is 2.22. The Morgan fingerprint density at radius 3 is 2.33 bits per heavy atom. The summed E-state index contributed by atoms with van der Waals surface area (Å²) in [4.78, 5) is 26.0. The molecule has 0 aromatic heterocycles. The fraction of sp³-hybridized carbons (Fsp3) is 0.667. The third kappa shape index (κ3) is 5.07. The average molecular weight is 256 g/mol. The number of nitrogens with zero attached hydrogens (tertiary/aromatic N) is 2. The summed E-state index contributed by atoms with van der Waals surface area (Å²) in [6.45, 7) is 9.15. The van der Waals surface area contributed by atoms with Crippen LogP contribution in [-0.4, -0.2) is 29.8 Å². The monoisotopic (exact) mass is 256 g/mol. The summed E-state index contributed by atoms with van der Waals surface area (Å²) in [5.41, 5.74) is -0.0415. The average Bonchev–Trinajstić information content (AvgIpc) is 2.26. The SMILES string of the molecule is CCOC(=O)/C(C)=C(/C(C)=NCC(C)C)[N+](=O)[O-]. The molecule has 6 heteroatoms. The maximum atomic E-state index is 11.5. The Kier molecular flexibility index (Phi) is 6.85. The van der Waals surface area contributed by atoms with Crippen molar-refractivity contribution in [2.24, 2.45) is 10.9 Å². The Hall–Kier alpha value is -1.72. The molecule has 0 unspecified atom stereocenters. The maximum absolute atomic E-state index is 11.5. The zero-order valence-electron chi connectivity index (χ0n) is 11.5. The second-order valence-corrected chi connectivity index (χ2v) is 4.27. The number of carbonyl (C=O) groups excluding carboxylic acids is 1. The predicted molar refractivity (Wildman–Crippen MR) is 69.1 cm³/mol. The van der Waals surface area contributed by atoms with E-state index in [0.717, 1.165) is 0 Å². The van der Waals surface area contributed by atoms with Gasteiger partial charge in [-0.1, -0.05) is 13.8 Å². The van der Waals surface area contributed by atoms with Gasteiger partial charge in [0.1, 0.15) is 11.3 Å². The van der Waals surface area contributed by atoms with Crippen molar-refractivity contribution < 1.29 is 14.5 Å². The van der Waals surface area contributed by atoms with Crippen LogP contribution >= 0.6 is 0 Å². The van der Waals surface area contributed by atoms with E-state index in [-0.39, 0.29) is 23.6 Å². The van der Waals surface area contributed by atoms with E-state index >= 15 is 0 Å². The summed E-state index contributed by atoms with van der Waals surface area (Å²) in [5, 5.41) is 11.0. The number of rotatable bonds is 6. The van der Waals surface area contributed by atoms with Crippen LogP contribution in [-0.2, 0) is 9.53 Å². The van der Waals surface area contributed by atoms with Gasteiger partial charge in [-0.2, -0.15) is 0 Å². The Morgan fingerprint density at radius 1 is 1.39 bits per heavy atom. The van der Waals surface area contributed by atoms with E-state index in [2.05, 4.69) is 4.99 Å².